The topological polar surface area (TPSA) is 74.5 Å². The lowest BCUT2D eigenvalue weighted by molar-refractivity contribution is -0.137. The van der Waals surface area contributed by atoms with Gasteiger partial charge in [0, 0.05) is 37.8 Å². The number of alkyl halides is 3. The molecule has 2 aliphatic rings. The quantitative estimate of drug-likeness (QED) is 0.672. The molecule has 1 aromatic carbocycles. The van der Waals surface area contributed by atoms with Gasteiger partial charge in [-0.05, 0) is 37.8 Å². The van der Waals surface area contributed by atoms with E-state index in [4.69, 9.17) is 4.52 Å². The number of carbonyl (C=O) groups excluding carboxylic acids is 1. The number of hydrogen-bond acceptors (Lipinski definition) is 6. The Morgan fingerprint density at radius 2 is 1.94 bits per heavy atom. The number of halogens is 3. The first kappa shape index (κ1) is 24.7. The van der Waals surface area contributed by atoms with E-state index in [1.807, 2.05) is 6.92 Å². The predicted octanol–water partition coefficient (Wildman–Crippen LogP) is 4.13. The second-order valence-corrected chi connectivity index (χ2v) is 9.46. The van der Waals surface area contributed by atoms with Gasteiger partial charge in [0.05, 0.1) is 18.2 Å². The average molecular weight is 480 g/mol. The van der Waals surface area contributed by atoms with E-state index in [0.29, 0.717) is 18.4 Å². The number of rotatable bonds is 6. The van der Waals surface area contributed by atoms with Gasteiger partial charge in [-0.3, -0.25) is 14.6 Å². The van der Waals surface area contributed by atoms with Crippen molar-refractivity contribution in [3.63, 3.8) is 0 Å². The third-order valence-electron chi connectivity index (χ3n) is 7.03. The molecule has 2 aromatic rings. The van der Waals surface area contributed by atoms with E-state index in [0.717, 1.165) is 44.7 Å². The molecule has 4 rings (SSSR count). The zero-order valence-electron chi connectivity index (χ0n) is 19.6. The highest BCUT2D eigenvalue weighted by Crippen LogP contribution is 2.32. The van der Waals surface area contributed by atoms with Crippen LogP contribution in [0, 0.1) is 5.92 Å². The van der Waals surface area contributed by atoms with Crippen LogP contribution in [0.25, 0.3) is 11.4 Å². The molecule has 2 fully saturated rings. The van der Waals surface area contributed by atoms with Gasteiger partial charge in [-0.2, -0.15) is 18.2 Å². The predicted molar refractivity (Wildman–Crippen MR) is 121 cm³/mol. The first-order valence-corrected chi connectivity index (χ1v) is 12.0. The molecule has 1 aliphatic heterocycles. The Balaban J connectivity index is 1.29. The summed E-state index contributed by atoms with van der Waals surface area (Å²) in [5.74, 6) is 1.12. The van der Waals surface area contributed by atoms with E-state index >= 15 is 0 Å². The molecular weight excluding hydrogens is 447 g/mol. The molecule has 186 valence electrons. The largest absolute Gasteiger partial charge is 0.416 e. The van der Waals surface area contributed by atoms with Gasteiger partial charge in [-0.1, -0.05) is 37.1 Å². The lowest BCUT2D eigenvalue weighted by atomic mass is 9.86. The van der Waals surface area contributed by atoms with Crippen LogP contribution in [0.15, 0.2) is 28.8 Å². The van der Waals surface area contributed by atoms with Crippen LogP contribution in [-0.2, 0) is 11.0 Å². The second-order valence-electron chi connectivity index (χ2n) is 9.46. The molecule has 3 atom stereocenters. The summed E-state index contributed by atoms with van der Waals surface area (Å²) in [4.78, 5) is 21.2. The highest BCUT2D eigenvalue weighted by atomic mass is 19.4. The molecule has 7 nitrogen and oxygen atoms in total. The molecule has 1 aliphatic carbocycles. The highest BCUT2D eigenvalue weighted by Gasteiger charge is 2.31. The van der Waals surface area contributed by atoms with Crippen molar-refractivity contribution in [1.29, 1.82) is 0 Å². The minimum absolute atomic E-state index is 0.0860. The van der Waals surface area contributed by atoms with Crippen molar-refractivity contribution in [2.24, 2.45) is 5.92 Å². The maximum atomic E-state index is 13.0. The Morgan fingerprint density at radius 1 is 1.21 bits per heavy atom. The van der Waals surface area contributed by atoms with Crippen LogP contribution >= 0.6 is 0 Å². The van der Waals surface area contributed by atoms with Crippen LogP contribution in [0.3, 0.4) is 0 Å². The smallest absolute Gasteiger partial charge is 0.352 e. The Labute approximate surface area is 197 Å². The number of carbonyl (C=O) groups is 1. The molecule has 0 radical (unpaired) electrons. The third-order valence-corrected chi connectivity index (χ3v) is 7.03. The van der Waals surface area contributed by atoms with Crippen LogP contribution in [0.2, 0.25) is 0 Å². The normalized spacial score (nSPS) is 23.6. The summed E-state index contributed by atoms with van der Waals surface area (Å²) in [6.07, 6.45) is 0.227. The van der Waals surface area contributed by atoms with E-state index in [2.05, 4.69) is 32.2 Å². The first-order valence-electron chi connectivity index (χ1n) is 12.0. The van der Waals surface area contributed by atoms with Crippen LogP contribution < -0.4 is 5.32 Å². The summed E-state index contributed by atoms with van der Waals surface area (Å²) >= 11 is 0. The van der Waals surface area contributed by atoms with Crippen LogP contribution in [0.4, 0.5) is 13.2 Å². The van der Waals surface area contributed by atoms with E-state index in [1.165, 1.54) is 31.4 Å². The van der Waals surface area contributed by atoms with Gasteiger partial charge in [-0.15, -0.1) is 0 Å². The Kier molecular flexibility index (Phi) is 7.57. The van der Waals surface area contributed by atoms with E-state index in [9.17, 15) is 18.0 Å². The molecule has 1 aromatic heterocycles. The van der Waals surface area contributed by atoms with Gasteiger partial charge < -0.3 is 9.84 Å². The summed E-state index contributed by atoms with van der Waals surface area (Å²) in [5, 5.41) is 7.11. The fraction of sp³-hybridized carbons (Fsp3) is 0.625. The summed E-state index contributed by atoms with van der Waals surface area (Å²) in [7, 11) is 0. The highest BCUT2D eigenvalue weighted by molar-refractivity contribution is 5.78. The number of nitrogens with one attached hydrogen (secondary N) is 1. The summed E-state index contributed by atoms with van der Waals surface area (Å²) in [6.45, 7) is 7.49. The molecule has 1 amide bonds. The van der Waals surface area contributed by atoms with Gasteiger partial charge in [0.25, 0.3) is 0 Å². The molecule has 1 saturated carbocycles. The molecule has 0 spiro atoms. The first-order chi connectivity index (χ1) is 16.2. The Bertz CT molecular complexity index is 972. The van der Waals surface area contributed by atoms with Gasteiger partial charge in [0.15, 0.2) is 0 Å². The van der Waals surface area contributed by atoms with Crippen molar-refractivity contribution >= 4 is 5.91 Å². The van der Waals surface area contributed by atoms with Gasteiger partial charge >= 0.3 is 6.18 Å². The SMILES string of the molecule is CC1CCCCC1NC(=O)CN1CCN(C(C)c2nc(-c3cccc(C(F)(F)F)c3)no2)CC1. The van der Waals surface area contributed by atoms with Crippen LogP contribution in [0.1, 0.15) is 57.0 Å². The number of aromatic nitrogens is 2. The Morgan fingerprint density at radius 3 is 2.65 bits per heavy atom. The van der Waals surface area contributed by atoms with E-state index in [-0.39, 0.29) is 29.4 Å². The third kappa shape index (κ3) is 5.96. The van der Waals surface area contributed by atoms with Crippen molar-refractivity contribution in [2.45, 2.75) is 57.8 Å². The molecule has 0 bridgehead atoms. The maximum absolute atomic E-state index is 13.0. The number of nitrogens with zero attached hydrogens (tertiary/aromatic N) is 4. The van der Waals surface area contributed by atoms with Gasteiger partial charge in [0.2, 0.25) is 17.6 Å². The fourth-order valence-electron chi connectivity index (χ4n) is 4.81. The van der Waals surface area contributed by atoms with Crippen LogP contribution in [-0.4, -0.2) is 64.6 Å². The lowest BCUT2D eigenvalue weighted by Gasteiger charge is -2.37. The molecule has 10 heteroatoms. The van der Waals surface area contributed by atoms with Crippen molar-refractivity contribution in [1.82, 2.24) is 25.3 Å². The number of amides is 1. The van der Waals surface area contributed by atoms with E-state index < -0.39 is 11.7 Å². The van der Waals surface area contributed by atoms with Gasteiger partial charge in [-0.25, -0.2) is 0 Å². The molecule has 3 unspecified atom stereocenters. The molecule has 34 heavy (non-hydrogen) atoms. The molecule has 1 saturated heterocycles. The maximum Gasteiger partial charge on any atom is 0.416 e. The summed E-state index contributed by atoms with van der Waals surface area (Å²) in [5.41, 5.74) is -0.484. The number of benzene rings is 1. The Hall–Kier alpha value is -2.46. The fourth-order valence-corrected chi connectivity index (χ4v) is 4.81. The molecule has 2 heterocycles. The standard InChI is InChI=1S/C24H32F3N5O2/c1-16-6-3-4-9-20(16)28-21(33)15-31-10-12-32(13-11-31)17(2)23-29-22(30-34-23)18-7-5-8-19(14-18)24(25,26)27/h5,7-8,14,16-17,20H,3-4,6,9-13,15H2,1-2H3,(H,28,33). The summed E-state index contributed by atoms with van der Waals surface area (Å²) < 4.78 is 44.4. The van der Waals surface area contributed by atoms with E-state index in [1.54, 1.807) is 0 Å². The van der Waals surface area contributed by atoms with Crippen molar-refractivity contribution in [3.05, 3.63) is 35.7 Å². The number of piperazine rings is 1. The zero-order chi connectivity index (χ0) is 24.3. The van der Waals surface area contributed by atoms with Crippen molar-refractivity contribution in [3.8, 4) is 11.4 Å². The van der Waals surface area contributed by atoms with Crippen molar-refractivity contribution in [2.75, 3.05) is 32.7 Å². The average Bonchev–Trinajstić information content (AvgIpc) is 3.31. The van der Waals surface area contributed by atoms with Crippen LogP contribution in [0.5, 0.6) is 0 Å². The molecular formula is C24H32F3N5O2. The lowest BCUT2D eigenvalue weighted by Crippen LogP contribution is -2.51. The monoisotopic (exact) mass is 479 g/mol. The molecule has 1 N–H and O–H groups in total. The van der Waals surface area contributed by atoms with Gasteiger partial charge in [0.1, 0.15) is 0 Å². The minimum atomic E-state index is -4.43. The second kappa shape index (κ2) is 10.4. The minimum Gasteiger partial charge on any atom is -0.352 e. The van der Waals surface area contributed by atoms with Crippen molar-refractivity contribution < 1.29 is 22.5 Å². The number of hydrogen-bond donors (Lipinski definition) is 1. The zero-order valence-corrected chi connectivity index (χ0v) is 19.6. The summed E-state index contributed by atoms with van der Waals surface area (Å²) in [6, 6.07) is 5.02.